The van der Waals surface area contributed by atoms with Crippen molar-refractivity contribution in [1.82, 2.24) is 4.90 Å². The predicted octanol–water partition coefficient (Wildman–Crippen LogP) is 1.67. The van der Waals surface area contributed by atoms with Crippen LogP contribution in [0.1, 0.15) is 35.2 Å². The molecule has 112 valence electrons. The number of benzene rings is 1. The lowest BCUT2D eigenvalue weighted by Crippen LogP contribution is -2.34. The average Bonchev–Trinajstić information content (AvgIpc) is 3.00. The second kappa shape index (κ2) is 7.82. The Morgan fingerprint density at radius 2 is 2.19 bits per heavy atom. The molecule has 1 atom stereocenters. The molecule has 1 fully saturated rings. The third kappa shape index (κ3) is 4.59. The van der Waals surface area contributed by atoms with E-state index < -0.39 is 0 Å². The lowest BCUT2D eigenvalue weighted by Gasteiger charge is -2.20. The van der Waals surface area contributed by atoms with Crippen molar-refractivity contribution in [2.75, 3.05) is 26.8 Å². The highest BCUT2D eigenvalue weighted by atomic mass is 16.5. The summed E-state index contributed by atoms with van der Waals surface area (Å²) in [6.45, 7) is 1.50. The van der Waals surface area contributed by atoms with Gasteiger partial charge in [-0.1, -0.05) is 11.8 Å². The average molecular weight is 287 g/mol. The Kier molecular flexibility index (Phi) is 5.79. The van der Waals surface area contributed by atoms with Crippen LogP contribution in [0.15, 0.2) is 24.3 Å². The maximum atomic E-state index is 12.3. The van der Waals surface area contributed by atoms with Crippen molar-refractivity contribution in [3.05, 3.63) is 35.4 Å². The summed E-state index contributed by atoms with van der Waals surface area (Å²) in [5.74, 6) is 5.80. The van der Waals surface area contributed by atoms with Crippen molar-refractivity contribution >= 4 is 5.91 Å². The number of carbonyl (C=O) groups is 1. The van der Waals surface area contributed by atoms with Gasteiger partial charge >= 0.3 is 0 Å². The van der Waals surface area contributed by atoms with E-state index >= 15 is 0 Å². The summed E-state index contributed by atoms with van der Waals surface area (Å²) in [6, 6.07) is 7.24. The summed E-state index contributed by atoms with van der Waals surface area (Å²) in [4.78, 5) is 14.0. The number of hydrogen-bond donors (Lipinski definition) is 1. The monoisotopic (exact) mass is 287 g/mol. The summed E-state index contributed by atoms with van der Waals surface area (Å²) in [7, 11) is 1.80. The maximum Gasteiger partial charge on any atom is 0.253 e. The van der Waals surface area contributed by atoms with Crippen molar-refractivity contribution in [2.24, 2.45) is 0 Å². The van der Waals surface area contributed by atoms with Crippen LogP contribution in [-0.2, 0) is 4.74 Å². The second-order valence-electron chi connectivity index (χ2n) is 5.17. The van der Waals surface area contributed by atoms with E-state index in [0.717, 1.165) is 25.0 Å². The van der Waals surface area contributed by atoms with Gasteiger partial charge in [0, 0.05) is 37.7 Å². The fraction of sp³-hybridized carbons (Fsp3) is 0.471. The molecule has 0 saturated carbocycles. The first kappa shape index (κ1) is 15.6. The number of nitrogens with zero attached hydrogens (tertiary/aromatic N) is 1. The standard InChI is InChI=1S/C17H21NO3/c1-18(13-16-6-4-12-21-16)17(20)15-9-7-14(8-10-15)5-2-3-11-19/h7-10,16,19H,3-4,6,11-13H2,1H3. The van der Waals surface area contributed by atoms with Crippen molar-refractivity contribution < 1.29 is 14.6 Å². The zero-order chi connectivity index (χ0) is 15.1. The number of amides is 1. The van der Waals surface area contributed by atoms with Crippen molar-refractivity contribution in [1.29, 1.82) is 0 Å². The van der Waals surface area contributed by atoms with Crippen LogP contribution < -0.4 is 0 Å². The third-order valence-corrected chi connectivity index (χ3v) is 3.45. The summed E-state index contributed by atoms with van der Waals surface area (Å²) in [5.41, 5.74) is 1.50. The third-order valence-electron chi connectivity index (χ3n) is 3.45. The molecule has 1 amide bonds. The minimum atomic E-state index is 0.000340. The van der Waals surface area contributed by atoms with Gasteiger partial charge in [-0.2, -0.15) is 0 Å². The predicted molar refractivity (Wildman–Crippen MR) is 81.0 cm³/mol. The normalized spacial score (nSPS) is 17.1. The Morgan fingerprint density at radius 3 is 2.81 bits per heavy atom. The van der Waals surface area contributed by atoms with Gasteiger partial charge < -0.3 is 14.7 Å². The first-order chi connectivity index (χ1) is 10.2. The van der Waals surface area contributed by atoms with Crippen LogP contribution in [0.2, 0.25) is 0 Å². The first-order valence-electron chi connectivity index (χ1n) is 7.27. The van der Waals surface area contributed by atoms with Gasteiger partial charge in [0.25, 0.3) is 5.91 Å². The van der Waals surface area contributed by atoms with Gasteiger partial charge in [-0.3, -0.25) is 4.79 Å². The van der Waals surface area contributed by atoms with Crippen LogP contribution in [0.3, 0.4) is 0 Å². The van der Waals surface area contributed by atoms with E-state index in [4.69, 9.17) is 9.84 Å². The molecule has 4 heteroatoms. The number of likely N-dealkylation sites (N-methyl/N-ethyl adjacent to an activating group) is 1. The first-order valence-corrected chi connectivity index (χ1v) is 7.27. The molecular formula is C17H21NO3. The van der Waals surface area contributed by atoms with Gasteiger partial charge in [0.15, 0.2) is 0 Å². The van der Waals surface area contributed by atoms with E-state index in [-0.39, 0.29) is 18.6 Å². The molecule has 0 aromatic heterocycles. The van der Waals surface area contributed by atoms with Gasteiger partial charge in [-0.15, -0.1) is 0 Å². The second-order valence-corrected chi connectivity index (χ2v) is 5.17. The molecule has 0 radical (unpaired) electrons. The van der Waals surface area contributed by atoms with Gasteiger partial charge in [0.2, 0.25) is 0 Å². The molecule has 1 aliphatic heterocycles. The topological polar surface area (TPSA) is 49.8 Å². The summed E-state index contributed by atoms with van der Waals surface area (Å²) in [5, 5.41) is 8.68. The highest BCUT2D eigenvalue weighted by Gasteiger charge is 2.20. The Labute approximate surface area is 125 Å². The number of ether oxygens (including phenoxy) is 1. The smallest absolute Gasteiger partial charge is 0.253 e. The molecule has 0 aliphatic carbocycles. The molecular weight excluding hydrogens is 266 g/mol. The minimum Gasteiger partial charge on any atom is -0.395 e. The fourth-order valence-corrected chi connectivity index (χ4v) is 2.31. The molecule has 1 saturated heterocycles. The quantitative estimate of drug-likeness (QED) is 0.857. The maximum absolute atomic E-state index is 12.3. The molecule has 1 aromatic rings. The minimum absolute atomic E-state index is 0.000340. The highest BCUT2D eigenvalue weighted by molar-refractivity contribution is 5.94. The molecule has 4 nitrogen and oxygen atoms in total. The zero-order valence-electron chi connectivity index (χ0n) is 12.3. The molecule has 1 heterocycles. The molecule has 21 heavy (non-hydrogen) atoms. The number of hydrogen-bond acceptors (Lipinski definition) is 3. The molecule has 1 unspecified atom stereocenters. The van der Waals surface area contributed by atoms with E-state index in [1.54, 1.807) is 24.1 Å². The van der Waals surface area contributed by atoms with Crippen molar-refractivity contribution in [2.45, 2.75) is 25.4 Å². The van der Waals surface area contributed by atoms with E-state index in [0.29, 0.717) is 18.5 Å². The fourth-order valence-electron chi connectivity index (χ4n) is 2.31. The van der Waals surface area contributed by atoms with Gasteiger partial charge in [0.05, 0.1) is 12.7 Å². The number of rotatable bonds is 4. The van der Waals surface area contributed by atoms with Crippen LogP contribution in [0.25, 0.3) is 0 Å². The van der Waals surface area contributed by atoms with Crippen molar-refractivity contribution in [3.63, 3.8) is 0 Å². The van der Waals surface area contributed by atoms with Crippen molar-refractivity contribution in [3.8, 4) is 11.8 Å². The van der Waals surface area contributed by atoms with E-state index in [1.165, 1.54) is 0 Å². The molecule has 1 aliphatic rings. The van der Waals surface area contributed by atoms with Crippen LogP contribution >= 0.6 is 0 Å². The highest BCUT2D eigenvalue weighted by Crippen LogP contribution is 2.14. The van der Waals surface area contributed by atoms with E-state index in [2.05, 4.69) is 11.8 Å². The lowest BCUT2D eigenvalue weighted by atomic mass is 10.1. The summed E-state index contributed by atoms with van der Waals surface area (Å²) >= 11 is 0. The summed E-state index contributed by atoms with van der Waals surface area (Å²) < 4.78 is 5.55. The Hall–Kier alpha value is -1.83. The van der Waals surface area contributed by atoms with Gasteiger partial charge in [-0.05, 0) is 37.1 Å². The van der Waals surface area contributed by atoms with E-state index in [9.17, 15) is 4.79 Å². The molecule has 0 spiro atoms. The molecule has 0 bridgehead atoms. The van der Waals surface area contributed by atoms with Crippen LogP contribution in [-0.4, -0.2) is 48.8 Å². The Bertz CT molecular complexity index is 521. The number of aliphatic hydroxyl groups excluding tert-OH is 1. The summed E-state index contributed by atoms with van der Waals surface area (Å²) in [6.07, 6.45) is 2.73. The number of carbonyl (C=O) groups excluding carboxylic acids is 1. The number of aliphatic hydroxyl groups is 1. The van der Waals surface area contributed by atoms with E-state index in [1.807, 2.05) is 12.1 Å². The Balaban J connectivity index is 1.94. The molecule has 1 N–H and O–H groups in total. The largest absolute Gasteiger partial charge is 0.395 e. The SMILES string of the molecule is CN(CC1CCCO1)C(=O)c1ccc(C#CCCO)cc1. The van der Waals surface area contributed by atoms with Crippen LogP contribution in [0.5, 0.6) is 0 Å². The van der Waals surface area contributed by atoms with Crippen LogP contribution in [0, 0.1) is 11.8 Å². The Morgan fingerprint density at radius 1 is 1.43 bits per heavy atom. The zero-order valence-corrected chi connectivity index (χ0v) is 12.3. The van der Waals surface area contributed by atoms with Gasteiger partial charge in [0.1, 0.15) is 0 Å². The van der Waals surface area contributed by atoms with Gasteiger partial charge in [-0.25, -0.2) is 0 Å². The molecule has 1 aromatic carbocycles. The van der Waals surface area contributed by atoms with Crippen LogP contribution in [0.4, 0.5) is 0 Å². The molecule has 2 rings (SSSR count). The lowest BCUT2D eigenvalue weighted by molar-refractivity contribution is 0.0587.